The molecule has 1 aliphatic heterocycles. The first kappa shape index (κ1) is 34.2. The molecule has 2 aromatic rings. The number of para-hydroxylation sites is 1. The maximum absolute atomic E-state index is 13.8. The Bertz CT molecular complexity index is 1350. The molecule has 1 aliphatic carbocycles. The van der Waals surface area contributed by atoms with Gasteiger partial charge >= 0.3 is 5.97 Å². The number of Topliss-reactive ketones (excluding diaryl/α,β-unsaturated/α-hetero) is 1. The molecule has 2 N–H and O–H groups in total. The standard InChI is InChI=1S/C36H47NO8/c1-4-5-6-9-15-42-16-17-43-18-19-44-20-21-45-36(40)33-25(2)37-30-23-27(29-13-7-8-14-32(29)41-3)24-31(39)35(30)34(33)26-11-10-12-28(38)22-26/h7-8,10-14,22,27,34,37-38H,4-6,9,15-21,23-24H2,1-3H3/t27-,34-/m1/s1. The van der Waals surface area contributed by atoms with E-state index in [4.69, 9.17) is 23.7 Å². The van der Waals surface area contributed by atoms with Gasteiger partial charge in [0.15, 0.2) is 5.78 Å². The van der Waals surface area contributed by atoms with Crippen LogP contribution >= 0.6 is 0 Å². The summed E-state index contributed by atoms with van der Waals surface area (Å²) in [5, 5.41) is 13.7. The van der Waals surface area contributed by atoms with Crippen LogP contribution in [0.3, 0.4) is 0 Å². The molecule has 9 nitrogen and oxygen atoms in total. The number of carbonyl (C=O) groups excluding carboxylic acids is 2. The van der Waals surface area contributed by atoms with Crippen LogP contribution in [0.4, 0.5) is 0 Å². The van der Waals surface area contributed by atoms with Crippen LogP contribution in [-0.2, 0) is 28.5 Å². The summed E-state index contributed by atoms with van der Waals surface area (Å²) in [7, 11) is 1.63. The fraction of sp³-hybridized carbons (Fsp3) is 0.500. The first-order chi connectivity index (χ1) is 21.9. The van der Waals surface area contributed by atoms with Gasteiger partial charge < -0.3 is 34.1 Å². The molecule has 0 bridgehead atoms. The molecule has 2 aromatic carbocycles. The molecule has 4 rings (SSSR count). The fourth-order valence-corrected chi connectivity index (χ4v) is 6.01. The number of esters is 1. The van der Waals surface area contributed by atoms with Crippen LogP contribution in [0.25, 0.3) is 0 Å². The average molecular weight is 622 g/mol. The molecule has 2 atom stereocenters. The number of phenolic OH excluding ortho intramolecular Hbond substituents is 1. The molecule has 0 saturated carbocycles. The van der Waals surface area contributed by atoms with Crippen molar-refractivity contribution in [1.29, 1.82) is 0 Å². The molecule has 0 aromatic heterocycles. The average Bonchev–Trinajstić information content (AvgIpc) is 3.04. The van der Waals surface area contributed by atoms with E-state index >= 15 is 0 Å². The highest BCUT2D eigenvalue weighted by atomic mass is 16.6. The van der Waals surface area contributed by atoms with E-state index in [0.717, 1.165) is 30.0 Å². The lowest BCUT2D eigenvalue weighted by Gasteiger charge is -2.37. The number of hydrogen-bond acceptors (Lipinski definition) is 9. The Morgan fingerprint density at radius 1 is 0.889 bits per heavy atom. The molecule has 244 valence electrons. The van der Waals surface area contributed by atoms with Gasteiger partial charge in [0.1, 0.15) is 18.1 Å². The quantitative estimate of drug-likeness (QED) is 0.154. The van der Waals surface area contributed by atoms with Crippen molar-refractivity contribution in [2.75, 3.05) is 53.4 Å². The zero-order valence-corrected chi connectivity index (χ0v) is 26.8. The molecule has 0 fully saturated rings. The summed E-state index contributed by atoms with van der Waals surface area (Å²) in [6, 6.07) is 14.4. The van der Waals surface area contributed by atoms with Crippen LogP contribution in [0.2, 0.25) is 0 Å². The predicted octanol–water partition coefficient (Wildman–Crippen LogP) is 5.94. The lowest BCUT2D eigenvalue weighted by atomic mass is 9.71. The zero-order valence-electron chi connectivity index (χ0n) is 26.8. The van der Waals surface area contributed by atoms with Crippen molar-refractivity contribution in [3.05, 3.63) is 82.2 Å². The Morgan fingerprint density at radius 2 is 1.60 bits per heavy atom. The summed E-state index contributed by atoms with van der Waals surface area (Å²) >= 11 is 0. The lowest BCUT2D eigenvalue weighted by Crippen LogP contribution is -2.36. The maximum atomic E-state index is 13.8. The van der Waals surface area contributed by atoms with Crippen molar-refractivity contribution in [1.82, 2.24) is 5.32 Å². The van der Waals surface area contributed by atoms with E-state index in [-0.39, 0.29) is 37.1 Å². The lowest BCUT2D eigenvalue weighted by molar-refractivity contribution is -0.141. The monoisotopic (exact) mass is 621 g/mol. The number of unbranched alkanes of at least 4 members (excludes halogenated alkanes) is 3. The Balaban J connectivity index is 1.34. The van der Waals surface area contributed by atoms with Crippen molar-refractivity contribution < 1.29 is 38.4 Å². The topological polar surface area (TPSA) is 113 Å². The van der Waals surface area contributed by atoms with E-state index in [1.54, 1.807) is 25.3 Å². The molecule has 9 heteroatoms. The minimum Gasteiger partial charge on any atom is -0.508 e. The van der Waals surface area contributed by atoms with Gasteiger partial charge in [0.05, 0.1) is 45.7 Å². The predicted molar refractivity (Wildman–Crippen MR) is 171 cm³/mol. The number of methoxy groups -OCH3 is 1. The van der Waals surface area contributed by atoms with Gasteiger partial charge in [-0.1, -0.05) is 56.5 Å². The third-order valence-electron chi connectivity index (χ3n) is 8.18. The Kier molecular flexibility index (Phi) is 13.5. The number of dihydropyridines is 1. The van der Waals surface area contributed by atoms with E-state index < -0.39 is 11.9 Å². The number of phenols is 1. The number of ketones is 1. The highest BCUT2D eigenvalue weighted by Crippen LogP contribution is 2.47. The molecule has 0 radical (unpaired) electrons. The second-order valence-electron chi connectivity index (χ2n) is 11.4. The number of allylic oxidation sites excluding steroid dienone is 3. The molecule has 0 unspecified atom stereocenters. The minimum atomic E-state index is -0.671. The number of hydrogen-bond donors (Lipinski definition) is 2. The van der Waals surface area contributed by atoms with Crippen molar-refractivity contribution in [2.24, 2.45) is 0 Å². The van der Waals surface area contributed by atoms with Crippen LogP contribution in [0.1, 0.15) is 75.3 Å². The van der Waals surface area contributed by atoms with Crippen molar-refractivity contribution in [3.63, 3.8) is 0 Å². The highest BCUT2D eigenvalue weighted by Gasteiger charge is 2.42. The van der Waals surface area contributed by atoms with Gasteiger partial charge in [-0.25, -0.2) is 4.79 Å². The van der Waals surface area contributed by atoms with Crippen molar-refractivity contribution >= 4 is 11.8 Å². The van der Waals surface area contributed by atoms with E-state index in [2.05, 4.69) is 12.2 Å². The van der Waals surface area contributed by atoms with Crippen LogP contribution in [0.15, 0.2) is 71.1 Å². The summed E-state index contributed by atoms with van der Waals surface area (Å²) in [5.74, 6) is -0.535. The Hall–Kier alpha value is -3.66. The largest absolute Gasteiger partial charge is 0.508 e. The summed E-state index contributed by atoms with van der Waals surface area (Å²) < 4.78 is 27.9. The number of benzene rings is 2. The normalized spacial score (nSPS) is 18.1. The maximum Gasteiger partial charge on any atom is 0.336 e. The Morgan fingerprint density at radius 3 is 2.31 bits per heavy atom. The molecule has 45 heavy (non-hydrogen) atoms. The molecule has 0 spiro atoms. The van der Waals surface area contributed by atoms with Gasteiger partial charge in [0.25, 0.3) is 0 Å². The number of aromatic hydroxyl groups is 1. The number of rotatable bonds is 18. The van der Waals surface area contributed by atoms with Gasteiger partial charge in [0.2, 0.25) is 0 Å². The van der Waals surface area contributed by atoms with Crippen molar-refractivity contribution in [2.45, 2.75) is 64.2 Å². The molecule has 1 heterocycles. The molecule has 2 aliphatic rings. The van der Waals surface area contributed by atoms with Crippen molar-refractivity contribution in [3.8, 4) is 11.5 Å². The van der Waals surface area contributed by atoms with E-state index in [0.29, 0.717) is 55.3 Å². The Labute approximate surface area is 266 Å². The van der Waals surface area contributed by atoms with Crippen LogP contribution in [0, 0.1) is 0 Å². The van der Waals surface area contributed by atoms with E-state index in [1.165, 1.54) is 19.3 Å². The summed E-state index contributed by atoms with van der Waals surface area (Å²) in [5.41, 5.74) is 3.89. The van der Waals surface area contributed by atoms with Gasteiger partial charge in [-0.2, -0.15) is 0 Å². The zero-order chi connectivity index (χ0) is 32.0. The first-order valence-electron chi connectivity index (χ1n) is 16.0. The summed E-state index contributed by atoms with van der Waals surface area (Å²) in [6.45, 7) is 6.92. The van der Waals surface area contributed by atoms with Gasteiger partial charge in [-0.3, -0.25) is 4.79 Å². The van der Waals surface area contributed by atoms with Gasteiger partial charge in [0, 0.05) is 41.8 Å². The van der Waals surface area contributed by atoms with E-state index in [1.807, 2.05) is 37.3 Å². The van der Waals surface area contributed by atoms with E-state index in [9.17, 15) is 14.7 Å². The number of carbonyl (C=O) groups is 2. The van der Waals surface area contributed by atoms with Gasteiger partial charge in [-0.05, 0) is 49.1 Å². The first-order valence-corrected chi connectivity index (χ1v) is 16.0. The van der Waals surface area contributed by atoms with Gasteiger partial charge in [-0.15, -0.1) is 0 Å². The summed E-state index contributed by atoms with van der Waals surface area (Å²) in [6.07, 6.45) is 5.58. The molecular formula is C36H47NO8. The number of nitrogens with one attached hydrogen (secondary N) is 1. The van der Waals surface area contributed by atoms with Crippen LogP contribution in [-0.4, -0.2) is 70.2 Å². The van der Waals surface area contributed by atoms with Crippen LogP contribution in [0.5, 0.6) is 11.5 Å². The van der Waals surface area contributed by atoms with Crippen LogP contribution < -0.4 is 10.1 Å². The number of ether oxygens (including phenoxy) is 5. The fourth-order valence-electron chi connectivity index (χ4n) is 6.01. The summed E-state index contributed by atoms with van der Waals surface area (Å²) in [4.78, 5) is 27.4. The third-order valence-corrected chi connectivity index (χ3v) is 8.18. The smallest absolute Gasteiger partial charge is 0.336 e. The SMILES string of the molecule is CCCCCCOCCOCCOCCOC(=O)C1=C(C)NC2=C(C(=O)C[C@H](c3ccccc3OC)C2)[C@@H]1c1cccc(O)c1. The second kappa shape index (κ2) is 17.7. The molecule has 0 amide bonds. The molecule has 0 saturated heterocycles. The second-order valence-corrected chi connectivity index (χ2v) is 11.4. The highest BCUT2D eigenvalue weighted by molar-refractivity contribution is 6.04. The molecular weight excluding hydrogens is 574 g/mol. The third kappa shape index (κ3) is 9.42. The minimum absolute atomic E-state index is 0.0545.